The summed E-state index contributed by atoms with van der Waals surface area (Å²) in [6, 6.07) is 20.8. The number of ether oxygens (including phenoxy) is 10. The van der Waals surface area contributed by atoms with Gasteiger partial charge in [-0.2, -0.15) is 0 Å². The Kier molecular flexibility index (Phi) is 18.9. The van der Waals surface area contributed by atoms with Crippen LogP contribution in [0.4, 0.5) is 0 Å². The molecule has 4 aromatic rings. The number of benzene rings is 4. The second-order valence-corrected chi connectivity index (χ2v) is 18.4. The van der Waals surface area contributed by atoms with Gasteiger partial charge < -0.3 is 56.3 Å². The molecule has 0 aromatic heterocycles. The van der Waals surface area contributed by atoms with E-state index in [2.05, 4.69) is 56.2 Å². The van der Waals surface area contributed by atoms with E-state index in [4.69, 9.17) is 47.4 Å². The summed E-state index contributed by atoms with van der Waals surface area (Å²) >= 11 is 0. The van der Waals surface area contributed by atoms with Gasteiger partial charge >= 0.3 is 11.9 Å². The molecule has 0 fully saturated rings. The van der Waals surface area contributed by atoms with Crippen LogP contribution < -0.4 is 37.9 Å². The molecule has 0 saturated heterocycles. The van der Waals surface area contributed by atoms with Crippen LogP contribution in [0.1, 0.15) is 77.6 Å². The largest absolute Gasteiger partial charge is 0.493 e. The fourth-order valence-corrected chi connectivity index (χ4v) is 10.2. The summed E-state index contributed by atoms with van der Waals surface area (Å²) in [5, 5.41) is 0. The zero-order valence-electron chi connectivity index (χ0n) is 43.0. The first kappa shape index (κ1) is 53.0. The Bertz CT molecular complexity index is 2480. The Labute approximate surface area is 414 Å². The molecule has 2 aliphatic rings. The van der Waals surface area contributed by atoms with Gasteiger partial charge in [0, 0.05) is 56.1 Å². The van der Waals surface area contributed by atoms with Gasteiger partial charge in [0.15, 0.2) is 46.0 Å². The van der Waals surface area contributed by atoms with Crippen LogP contribution in [0.5, 0.6) is 46.0 Å². The minimum atomic E-state index is -0.316. The fraction of sp³-hybridized carbons (Fsp3) is 0.482. The molecule has 2 aliphatic heterocycles. The summed E-state index contributed by atoms with van der Waals surface area (Å²) in [5.74, 6) is 5.03. The van der Waals surface area contributed by atoms with Gasteiger partial charge in [-0.3, -0.25) is 9.59 Å². The number of nitrogens with zero attached hydrogens (tertiary/aromatic N) is 2. The second kappa shape index (κ2) is 25.0. The molecule has 378 valence electrons. The molecular weight excluding hydrogens is 893 g/mol. The summed E-state index contributed by atoms with van der Waals surface area (Å²) in [6.07, 6.45) is 8.90. The molecule has 2 heterocycles. The third-order valence-electron chi connectivity index (χ3n) is 14.2. The first-order valence-corrected chi connectivity index (χ1v) is 24.2. The van der Waals surface area contributed by atoms with Gasteiger partial charge in [-0.05, 0) is 89.4 Å². The number of rotatable bonds is 25. The van der Waals surface area contributed by atoms with Crippen LogP contribution >= 0.6 is 0 Å². The van der Waals surface area contributed by atoms with Crippen LogP contribution in [-0.2, 0) is 44.7 Å². The molecule has 0 spiro atoms. The van der Waals surface area contributed by atoms with Crippen molar-refractivity contribution in [1.82, 2.24) is 0 Å². The molecule has 0 amide bonds. The van der Waals surface area contributed by atoms with Crippen LogP contribution in [0.2, 0.25) is 0 Å². The zero-order chi connectivity index (χ0) is 50.3. The molecule has 14 nitrogen and oxygen atoms in total. The third-order valence-corrected chi connectivity index (χ3v) is 14.2. The average molecular weight is 967 g/mol. The Morgan fingerprint density at radius 3 is 1.36 bits per heavy atom. The highest BCUT2D eigenvalue weighted by Gasteiger charge is 2.41. The highest BCUT2D eigenvalue weighted by atomic mass is 16.5. The number of hydrogen-bond donors (Lipinski definition) is 0. The van der Waals surface area contributed by atoms with Crippen molar-refractivity contribution in [2.24, 2.45) is 0 Å². The van der Waals surface area contributed by atoms with Crippen molar-refractivity contribution in [2.75, 3.05) is 110 Å². The van der Waals surface area contributed by atoms with E-state index in [1.165, 1.54) is 22.3 Å². The van der Waals surface area contributed by atoms with E-state index >= 15 is 0 Å². The van der Waals surface area contributed by atoms with Gasteiger partial charge in [0.2, 0.25) is 0 Å². The molecule has 0 saturated carbocycles. The lowest BCUT2D eigenvalue weighted by Gasteiger charge is -2.46. The lowest BCUT2D eigenvalue weighted by atomic mass is 9.86. The fourth-order valence-electron chi connectivity index (χ4n) is 10.2. The molecule has 0 bridgehead atoms. The van der Waals surface area contributed by atoms with E-state index in [1.54, 1.807) is 69.0 Å². The van der Waals surface area contributed by atoms with E-state index in [0.29, 0.717) is 67.0 Å². The van der Waals surface area contributed by atoms with Crippen LogP contribution in [-0.4, -0.2) is 131 Å². The highest BCUT2D eigenvalue weighted by molar-refractivity contribution is 5.71. The smallest absolute Gasteiger partial charge is 0.310 e. The normalized spacial score (nSPS) is 19.0. The number of carbonyl (C=O) groups is 2. The van der Waals surface area contributed by atoms with E-state index in [-0.39, 0.29) is 36.9 Å². The summed E-state index contributed by atoms with van der Waals surface area (Å²) < 4.78 is 58.0. The van der Waals surface area contributed by atoms with Crippen LogP contribution in [0.15, 0.2) is 78.5 Å². The lowest BCUT2D eigenvalue weighted by Crippen LogP contribution is -2.52. The number of carbonyl (C=O) groups excluding carboxylic acids is 2. The number of hydrogen-bond acceptors (Lipinski definition) is 12. The average Bonchev–Trinajstić information content (AvgIpc) is 3.38. The van der Waals surface area contributed by atoms with Crippen molar-refractivity contribution in [3.63, 3.8) is 0 Å². The van der Waals surface area contributed by atoms with Gasteiger partial charge in [-0.15, -0.1) is 5.73 Å². The summed E-state index contributed by atoms with van der Waals surface area (Å²) in [4.78, 5) is 25.5. The predicted octanol–water partition coefficient (Wildman–Crippen LogP) is 8.78. The topological polar surface area (TPSA) is 126 Å². The van der Waals surface area contributed by atoms with Crippen LogP contribution in [0.3, 0.4) is 0 Å². The maximum Gasteiger partial charge on any atom is 0.310 e. The number of esters is 2. The minimum Gasteiger partial charge on any atom is -0.493 e. The summed E-state index contributed by atoms with van der Waals surface area (Å²) in [6.45, 7) is 4.10. The standard InChI is InChI=1S/C56H74N2O12/c1-57(27-23-41-35-51(65-7)53(67-9)37-43(41)45(57)31-39-19-21-47(61-3)49(33-39)63-5)25-15-29-69-55(59)17-13-11-12-14-18-56(60)70-30-16-26-58(2)28-24-42-36-52(66-8)54(68-10)38-44(42)46(58)32-40-20-22-48(62-4)50(34-40)64-6/h11,14,19-22,33-38,45-46H,13,15-18,23-32H2,1-10H3/q+2. The van der Waals surface area contributed by atoms with E-state index < -0.39 is 0 Å². The van der Waals surface area contributed by atoms with E-state index in [0.717, 1.165) is 83.5 Å². The van der Waals surface area contributed by atoms with E-state index in [9.17, 15) is 9.59 Å². The SMILES string of the molecule is COc1ccc(CC2c3cc(OC)c(OC)cc3CC[N+]2(C)CCCOC(=O)CC=C=CCCC(=O)OCCC[N+]2(C)CCc3cc(OC)c(OC)cc3C2Cc2ccc(OC)c(OC)c2)cc1OC. The van der Waals surface area contributed by atoms with Crippen LogP contribution in [0.25, 0.3) is 0 Å². The Balaban J connectivity index is 0.961. The molecule has 14 heteroatoms. The van der Waals surface area contributed by atoms with Crippen molar-refractivity contribution in [3.8, 4) is 46.0 Å². The van der Waals surface area contributed by atoms with E-state index in [1.807, 2.05) is 24.3 Å². The lowest BCUT2D eigenvalue weighted by molar-refractivity contribution is -0.941. The third kappa shape index (κ3) is 12.9. The molecule has 0 N–H and O–H groups in total. The van der Waals surface area contributed by atoms with Crippen molar-refractivity contribution >= 4 is 11.9 Å². The molecule has 70 heavy (non-hydrogen) atoms. The summed E-state index contributed by atoms with van der Waals surface area (Å²) in [5.41, 5.74) is 10.2. The van der Waals surface area contributed by atoms with Gasteiger partial charge in [0.25, 0.3) is 0 Å². The number of fused-ring (bicyclic) bond motifs is 2. The van der Waals surface area contributed by atoms with Crippen LogP contribution in [0, 0.1) is 0 Å². The molecular formula is C56H74N2O12+2. The quantitative estimate of drug-likeness (QED) is 0.0273. The predicted molar refractivity (Wildman–Crippen MR) is 268 cm³/mol. The number of quaternary nitrogens is 2. The zero-order valence-corrected chi connectivity index (χ0v) is 43.0. The van der Waals surface area contributed by atoms with Gasteiger partial charge in [0.05, 0.1) is 117 Å². The molecule has 0 aliphatic carbocycles. The van der Waals surface area contributed by atoms with Crippen molar-refractivity contribution in [3.05, 3.63) is 112 Å². The molecule has 4 aromatic carbocycles. The maximum atomic E-state index is 12.8. The van der Waals surface area contributed by atoms with Crippen molar-refractivity contribution < 1.29 is 65.9 Å². The first-order chi connectivity index (χ1) is 33.9. The molecule has 6 rings (SSSR count). The Hall–Kier alpha value is -6.34. The van der Waals surface area contributed by atoms with Crippen molar-refractivity contribution in [1.29, 1.82) is 0 Å². The Morgan fingerprint density at radius 1 is 0.529 bits per heavy atom. The molecule has 4 unspecified atom stereocenters. The monoisotopic (exact) mass is 967 g/mol. The first-order valence-electron chi connectivity index (χ1n) is 24.2. The minimum absolute atomic E-state index is 0.0961. The number of likely N-dealkylation sites (N-methyl/N-ethyl adjacent to an activating group) is 2. The molecule has 4 atom stereocenters. The highest BCUT2D eigenvalue weighted by Crippen LogP contribution is 2.45. The second-order valence-electron chi connectivity index (χ2n) is 18.4. The molecule has 0 radical (unpaired) electrons. The van der Waals surface area contributed by atoms with Crippen molar-refractivity contribution in [2.45, 2.75) is 69.9 Å². The Morgan fingerprint density at radius 2 is 0.929 bits per heavy atom. The maximum absolute atomic E-state index is 12.8. The summed E-state index contributed by atoms with van der Waals surface area (Å²) in [7, 11) is 17.8. The number of methoxy groups -OCH3 is 8. The van der Waals surface area contributed by atoms with Gasteiger partial charge in [0.1, 0.15) is 12.1 Å². The van der Waals surface area contributed by atoms with Gasteiger partial charge in [-0.25, -0.2) is 0 Å². The van der Waals surface area contributed by atoms with Gasteiger partial charge in [-0.1, -0.05) is 12.1 Å².